The molecule has 0 N–H and O–H groups in total. The third-order valence-corrected chi connectivity index (χ3v) is 6.02. The van der Waals surface area contributed by atoms with Crippen molar-refractivity contribution >= 4 is 0 Å². The first-order valence-electron chi connectivity index (χ1n) is 15.3. The van der Waals surface area contributed by atoms with Gasteiger partial charge >= 0.3 is 52.4 Å². The number of benzene rings is 1. The van der Waals surface area contributed by atoms with Crippen molar-refractivity contribution in [2.75, 3.05) is 0 Å². The SMILES string of the molecule is [CH2-]CC(=[C-]c1ccc([C-]=C(C[CH2-])CCCC)cc1)CCCC.[CH]1[CH][CH][CH][CH]1.[CH]1[CH][CH][CH][CH]1.[CH]1[CH][CH][CH][CH]1.[CH]1[CH][CH][CH][CH]1.[Zr+4].[Zr+4]. The standard InChI is InChI=1S/C22H30.4C5H5.2Zr/c1-5-9-11-19(7-3)17-21-13-15-22(16-14-21)18-20(8-4)12-10-6-2;4*1-2-4-5-3-1;;/h13-16H,3-12H2,1-2H3;4*1-5H;;/q-4;;;;;2*+4. The third kappa shape index (κ3) is 28.7. The molecule has 1 aromatic rings. The second kappa shape index (κ2) is 36.3. The van der Waals surface area contributed by atoms with E-state index in [-0.39, 0.29) is 52.4 Å². The van der Waals surface area contributed by atoms with Gasteiger partial charge in [-0.25, -0.2) is 35.4 Å². The van der Waals surface area contributed by atoms with Crippen LogP contribution >= 0.6 is 0 Å². The predicted octanol–water partition coefficient (Wildman–Crippen LogP) is 10.8. The molecule has 0 spiro atoms. The second-order valence-electron chi connectivity index (χ2n) is 9.59. The van der Waals surface area contributed by atoms with E-state index in [0.717, 1.165) is 36.8 Å². The van der Waals surface area contributed by atoms with Gasteiger partial charge in [0.2, 0.25) is 0 Å². The minimum absolute atomic E-state index is 0. The smallest absolute Gasteiger partial charge is 0.340 e. The maximum absolute atomic E-state index is 4.01. The van der Waals surface area contributed by atoms with Gasteiger partial charge in [0.05, 0.1) is 0 Å². The summed E-state index contributed by atoms with van der Waals surface area (Å²) in [6, 6.07) is 8.52. The quantitative estimate of drug-likeness (QED) is 0.210. The van der Waals surface area contributed by atoms with E-state index in [1.807, 2.05) is 128 Å². The summed E-state index contributed by atoms with van der Waals surface area (Å²) >= 11 is 0. The van der Waals surface area contributed by atoms with Crippen molar-refractivity contribution in [2.45, 2.75) is 65.2 Å². The number of rotatable bonds is 10. The second-order valence-corrected chi connectivity index (χ2v) is 9.59. The Balaban J connectivity index is 0. The molecule has 4 saturated carbocycles. The number of hydrogen-bond donors (Lipinski definition) is 0. The summed E-state index contributed by atoms with van der Waals surface area (Å²) in [6.07, 6.45) is 55.8. The maximum atomic E-state index is 4.01. The van der Waals surface area contributed by atoms with E-state index in [1.165, 1.54) is 36.8 Å². The van der Waals surface area contributed by atoms with Crippen LogP contribution < -0.4 is 0 Å². The molecule has 0 atom stereocenters. The Morgan fingerprint density at radius 3 is 0.795 bits per heavy atom. The van der Waals surface area contributed by atoms with Crippen molar-refractivity contribution in [3.05, 3.63) is 201 Å². The summed E-state index contributed by atoms with van der Waals surface area (Å²) in [4.78, 5) is 0. The Kier molecular flexibility index (Phi) is 38.4. The van der Waals surface area contributed by atoms with Crippen LogP contribution in [-0.4, -0.2) is 0 Å². The summed E-state index contributed by atoms with van der Waals surface area (Å²) < 4.78 is 0. The van der Waals surface area contributed by atoms with Crippen LogP contribution in [0.1, 0.15) is 76.3 Å². The molecule has 4 aliphatic rings. The minimum Gasteiger partial charge on any atom is -0.340 e. The van der Waals surface area contributed by atoms with Crippen LogP contribution in [0.5, 0.6) is 0 Å². The molecule has 0 aromatic heterocycles. The molecule has 44 heavy (non-hydrogen) atoms. The number of hydrogen-bond acceptors (Lipinski definition) is 0. The molecule has 0 aliphatic heterocycles. The molecule has 222 valence electrons. The van der Waals surface area contributed by atoms with Gasteiger partial charge < -0.3 is 13.8 Å². The Labute approximate surface area is 316 Å². The van der Waals surface area contributed by atoms with Crippen LogP contribution in [0.25, 0.3) is 0 Å². The van der Waals surface area contributed by atoms with Crippen molar-refractivity contribution in [2.24, 2.45) is 0 Å². The van der Waals surface area contributed by atoms with Crippen LogP contribution in [-0.2, 0) is 52.4 Å². The first-order valence-corrected chi connectivity index (χ1v) is 15.3. The van der Waals surface area contributed by atoms with Crippen molar-refractivity contribution in [3.63, 3.8) is 0 Å². The summed E-state index contributed by atoms with van der Waals surface area (Å²) in [7, 11) is 0. The summed E-state index contributed by atoms with van der Waals surface area (Å²) in [5.41, 5.74) is 4.92. The van der Waals surface area contributed by atoms with E-state index in [1.54, 1.807) is 0 Å². The summed E-state index contributed by atoms with van der Waals surface area (Å²) in [5, 5.41) is 0. The maximum Gasteiger partial charge on any atom is 4.00 e. The molecule has 0 saturated heterocycles. The summed E-state index contributed by atoms with van der Waals surface area (Å²) in [6.45, 7) is 12.5. The molecule has 0 bridgehead atoms. The van der Waals surface area contributed by atoms with Gasteiger partial charge in [-0.05, 0) is 141 Å². The zero-order chi connectivity index (χ0) is 30.4. The molecule has 4 fully saturated rings. The zero-order valence-corrected chi connectivity index (χ0v) is 31.8. The predicted molar refractivity (Wildman–Crippen MR) is 183 cm³/mol. The normalized spacial score (nSPS) is 17.3. The van der Waals surface area contributed by atoms with Crippen LogP contribution in [0, 0.1) is 154 Å². The Hall–Kier alpha value is 0.466. The van der Waals surface area contributed by atoms with E-state index in [2.05, 4.69) is 64.1 Å². The van der Waals surface area contributed by atoms with E-state index in [4.69, 9.17) is 0 Å². The van der Waals surface area contributed by atoms with Crippen molar-refractivity contribution in [1.82, 2.24) is 0 Å². The van der Waals surface area contributed by atoms with Crippen molar-refractivity contribution in [1.29, 1.82) is 0 Å². The van der Waals surface area contributed by atoms with E-state index >= 15 is 0 Å². The van der Waals surface area contributed by atoms with E-state index < -0.39 is 0 Å². The Morgan fingerprint density at radius 1 is 0.432 bits per heavy atom. The average molecular weight is 737 g/mol. The topological polar surface area (TPSA) is 0 Å². The van der Waals surface area contributed by atoms with Gasteiger partial charge in [-0.15, -0.1) is 0 Å². The number of allylic oxidation sites excluding steroid dienone is 2. The van der Waals surface area contributed by atoms with E-state index in [0.29, 0.717) is 0 Å². The molecule has 4 aliphatic carbocycles. The molecular weight excluding hydrogens is 687 g/mol. The molecule has 0 nitrogen and oxygen atoms in total. The van der Waals surface area contributed by atoms with Gasteiger partial charge in [-0.2, -0.15) is 36.1 Å². The van der Waals surface area contributed by atoms with Crippen molar-refractivity contribution < 1.29 is 52.4 Å². The van der Waals surface area contributed by atoms with E-state index in [9.17, 15) is 0 Å². The van der Waals surface area contributed by atoms with Gasteiger partial charge in [0.1, 0.15) is 0 Å². The molecule has 1 aromatic carbocycles. The first kappa shape index (κ1) is 46.6. The monoisotopic (exact) mass is 734 g/mol. The fraction of sp³-hybridized carbons (Fsp3) is 0.238. The Morgan fingerprint density at radius 2 is 0.636 bits per heavy atom. The zero-order valence-electron chi connectivity index (χ0n) is 26.9. The molecule has 0 unspecified atom stereocenters. The molecule has 0 amide bonds. The fourth-order valence-corrected chi connectivity index (χ4v) is 3.61. The minimum atomic E-state index is 0. The van der Waals surface area contributed by atoms with Crippen LogP contribution in [0.3, 0.4) is 0 Å². The molecular formula is C42H50Zr2+4. The third-order valence-electron chi connectivity index (χ3n) is 6.02. The molecule has 5 rings (SSSR count). The van der Waals surface area contributed by atoms with Crippen LogP contribution in [0.4, 0.5) is 0 Å². The molecule has 0 heterocycles. The largest absolute Gasteiger partial charge is 4.00 e. The van der Waals surface area contributed by atoms with Gasteiger partial charge in [-0.3, -0.25) is 0 Å². The van der Waals surface area contributed by atoms with Gasteiger partial charge in [0.25, 0.3) is 0 Å². The summed E-state index contributed by atoms with van der Waals surface area (Å²) in [5.74, 6) is 0. The van der Waals surface area contributed by atoms with Gasteiger partial charge in [-0.1, -0.05) is 39.5 Å². The fourth-order valence-electron chi connectivity index (χ4n) is 3.61. The van der Waals surface area contributed by atoms with Crippen molar-refractivity contribution in [3.8, 4) is 0 Å². The first-order chi connectivity index (χ1) is 20.7. The average Bonchev–Trinajstić information content (AvgIpc) is 3.87. The Bertz CT molecular complexity index is 629. The van der Waals surface area contributed by atoms with Gasteiger partial charge in [0.15, 0.2) is 0 Å². The van der Waals surface area contributed by atoms with Crippen LogP contribution in [0.15, 0.2) is 35.4 Å². The van der Waals surface area contributed by atoms with Gasteiger partial charge in [0, 0.05) is 0 Å². The number of unbranched alkanes of at least 4 members (excludes halogenated alkanes) is 2. The van der Waals surface area contributed by atoms with Crippen LogP contribution in [0.2, 0.25) is 0 Å². The molecule has 20 radical (unpaired) electrons. The molecule has 2 heteroatoms.